The Morgan fingerprint density at radius 1 is 1.28 bits per heavy atom. The molecule has 0 amide bonds. The number of thiophene rings is 1. The highest BCUT2D eigenvalue weighted by Gasteiger charge is 2.37. The lowest BCUT2D eigenvalue weighted by molar-refractivity contribution is -0.119. The molecular weight excluding hydrogens is 490 g/mol. The zero-order valence-electron chi connectivity index (χ0n) is 21.1. The number of hydrogen-bond acceptors (Lipinski definition) is 6. The van der Waals surface area contributed by atoms with Crippen LogP contribution in [0.15, 0.2) is 53.6 Å². The van der Waals surface area contributed by atoms with Crippen molar-refractivity contribution in [3.63, 3.8) is 0 Å². The van der Waals surface area contributed by atoms with Crippen molar-refractivity contribution in [3.8, 4) is 5.00 Å². The second-order valence-electron chi connectivity index (χ2n) is 9.76. The van der Waals surface area contributed by atoms with E-state index in [4.69, 9.17) is 16.6 Å². The maximum atomic E-state index is 13.3. The molecule has 1 saturated heterocycles. The molecule has 36 heavy (non-hydrogen) atoms. The summed E-state index contributed by atoms with van der Waals surface area (Å²) < 4.78 is 2.09. The summed E-state index contributed by atoms with van der Waals surface area (Å²) >= 11 is 7.90. The fourth-order valence-corrected chi connectivity index (χ4v) is 6.31. The summed E-state index contributed by atoms with van der Waals surface area (Å²) in [5.41, 5.74) is 5.23. The van der Waals surface area contributed by atoms with Gasteiger partial charge in [-0.1, -0.05) is 42.5 Å². The Morgan fingerprint density at radius 2 is 2.03 bits per heavy atom. The van der Waals surface area contributed by atoms with Gasteiger partial charge in [-0.2, -0.15) is 0 Å². The first-order valence-electron chi connectivity index (χ1n) is 12.2. The smallest absolute Gasteiger partial charge is 0.163 e. The first-order chi connectivity index (χ1) is 17.2. The number of carbonyl (C=O) groups is 1. The van der Waals surface area contributed by atoms with Crippen LogP contribution in [0.3, 0.4) is 0 Å². The van der Waals surface area contributed by atoms with E-state index in [-0.39, 0.29) is 17.7 Å². The number of nitrogens with zero attached hydrogens (tertiary/aromatic N) is 4. The van der Waals surface area contributed by atoms with Gasteiger partial charge >= 0.3 is 0 Å². The summed E-state index contributed by atoms with van der Waals surface area (Å²) in [7, 11) is 0. The number of benzene rings is 1. The highest BCUT2D eigenvalue weighted by Crippen LogP contribution is 2.40. The summed E-state index contributed by atoms with van der Waals surface area (Å²) in [5.74, 6) is 1.67. The number of fused-ring (bicyclic) bond motifs is 3. The topological polar surface area (TPSA) is 72.2 Å². The van der Waals surface area contributed by atoms with E-state index in [1.54, 1.807) is 11.3 Å². The molecule has 6 nitrogen and oxygen atoms in total. The Bertz CT molecular complexity index is 1410. The number of ketones is 1. The van der Waals surface area contributed by atoms with Crippen molar-refractivity contribution < 1.29 is 4.79 Å². The number of carbonyl (C=O) groups excluding carboxylic acids is 1. The van der Waals surface area contributed by atoms with Gasteiger partial charge in [0.2, 0.25) is 0 Å². The standard InChI is InChI=1S/C28H30ClN5OS/c1-6-7-20-15-30-28(20,5)13-12-22(35)14-23-26-33-32-18(4)34(26)27-24(16(2)17(3)36-27)25(31-23)19-8-10-21(29)11-9-19/h6-11,23,30H,1,12-15H2,2-5H3/b20-7-/t23-,28-/m0/s1. The zero-order valence-corrected chi connectivity index (χ0v) is 22.6. The second kappa shape index (κ2) is 9.54. The van der Waals surface area contributed by atoms with Gasteiger partial charge in [0, 0.05) is 46.0 Å². The molecule has 3 aromatic rings. The summed E-state index contributed by atoms with van der Waals surface area (Å²) in [6, 6.07) is 7.32. The number of aliphatic imine (C=N–C) groups is 1. The van der Waals surface area contributed by atoms with Crippen LogP contribution in [0.2, 0.25) is 5.02 Å². The first-order valence-corrected chi connectivity index (χ1v) is 13.4. The molecule has 8 heteroatoms. The summed E-state index contributed by atoms with van der Waals surface area (Å²) in [5, 5.41) is 14.1. The minimum atomic E-state index is -0.422. The van der Waals surface area contributed by atoms with Crippen LogP contribution < -0.4 is 5.32 Å². The number of Topliss-reactive ketones (excluding diaryl/α,β-unsaturated/α-hetero) is 1. The number of halogens is 1. The maximum absolute atomic E-state index is 13.3. The molecule has 0 radical (unpaired) electrons. The van der Waals surface area contributed by atoms with Crippen LogP contribution >= 0.6 is 22.9 Å². The van der Waals surface area contributed by atoms with Crippen LogP contribution in [0, 0.1) is 20.8 Å². The van der Waals surface area contributed by atoms with E-state index in [0.717, 1.165) is 40.6 Å². The number of rotatable bonds is 7. The van der Waals surface area contributed by atoms with Gasteiger partial charge in [-0.3, -0.25) is 14.4 Å². The number of allylic oxidation sites excluding steroid dienone is 2. The lowest BCUT2D eigenvalue weighted by atomic mass is 9.79. The third kappa shape index (κ3) is 4.29. The lowest BCUT2D eigenvalue weighted by Crippen LogP contribution is -2.57. The van der Waals surface area contributed by atoms with Crippen molar-refractivity contribution >= 4 is 34.4 Å². The van der Waals surface area contributed by atoms with Gasteiger partial charge in [-0.15, -0.1) is 21.5 Å². The van der Waals surface area contributed by atoms with E-state index in [0.29, 0.717) is 17.3 Å². The third-order valence-electron chi connectivity index (χ3n) is 7.38. The molecule has 0 spiro atoms. The Labute approximate surface area is 220 Å². The van der Waals surface area contributed by atoms with Crippen LogP contribution in [0.5, 0.6) is 0 Å². The van der Waals surface area contributed by atoms with E-state index in [1.807, 2.05) is 43.3 Å². The van der Waals surface area contributed by atoms with Gasteiger partial charge < -0.3 is 5.32 Å². The fourth-order valence-electron chi connectivity index (χ4n) is 4.97. The predicted octanol–water partition coefficient (Wildman–Crippen LogP) is 6.01. The maximum Gasteiger partial charge on any atom is 0.163 e. The molecule has 0 aliphatic carbocycles. The van der Waals surface area contributed by atoms with Gasteiger partial charge in [0.05, 0.1) is 5.71 Å². The van der Waals surface area contributed by atoms with Gasteiger partial charge in [0.1, 0.15) is 22.7 Å². The van der Waals surface area contributed by atoms with Crippen molar-refractivity contribution in [2.75, 3.05) is 6.54 Å². The molecular formula is C28H30ClN5OS. The Morgan fingerprint density at radius 3 is 2.69 bits per heavy atom. The van der Waals surface area contributed by atoms with Crippen molar-refractivity contribution in [2.45, 2.75) is 58.5 Å². The van der Waals surface area contributed by atoms with Crippen LogP contribution in [0.4, 0.5) is 0 Å². The minimum Gasteiger partial charge on any atom is -0.304 e. The van der Waals surface area contributed by atoms with Gasteiger partial charge in [0.15, 0.2) is 5.82 Å². The number of aryl methyl sites for hydroxylation is 2. The molecule has 1 aromatic carbocycles. The largest absolute Gasteiger partial charge is 0.304 e. The monoisotopic (exact) mass is 519 g/mol. The van der Waals surface area contributed by atoms with E-state index in [2.05, 4.69) is 47.4 Å². The fraction of sp³-hybridized carbons (Fsp3) is 0.357. The molecule has 2 aliphatic rings. The molecule has 0 saturated carbocycles. The first kappa shape index (κ1) is 24.8. The van der Waals surface area contributed by atoms with Crippen LogP contribution in [-0.4, -0.2) is 38.3 Å². The second-order valence-corrected chi connectivity index (χ2v) is 11.4. The Kier molecular flexibility index (Phi) is 6.57. The zero-order chi connectivity index (χ0) is 25.6. The summed E-state index contributed by atoms with van der Waals surface area (Å²) in [6.07, 6.45) is 5.34. The Balaban J connectivity index is 1.52. The van der Waals surface area contributed by atoms with Gasteiger partial charge in [0.25, 0.3) is 0 Å². The van der Waals surface area contributed by atoms with Crippen molar-refractivity contribution in [1.29, 1.82) is 0 Å². The lowest BCUT2D eigenvalue weighted by Gasteiger charge is -2.43. The van der Waals surface area contributed by atoms with Crippen molar-refractivity contribution in [2.24, 2.45) is 4.99 Å². The van der Waals surface area contributed by atoms with E-state index in [1.165, 1.54) is 16.0 Å². The van der Waals surface area contributed by atoms with Gasteiger partial charge in [-0.25, -0.2) is 0 Å². The molecule has 186 valence electrons. The summed E-state index contributed by atoms with van der Waals surface area (Å²) in [6.45, 7) is 13.0. The van der Waals surface area contributed by atoms with Crippen LogP contribution in [0.1, 0.15) is 65.4 Å². The quantitative estimate of drug-likeness (QED) is 0.414. The van der Waals surface area contributed by atoms with E-state index < -0.39 is 6.04 Å². The SMILES string of the molecule is C=C/C=C1/CN[C@@]1(C)CCC(=O)C[C@@H]1N=C(c2ccc(Cl)cc2)c2c(sc(C)c2C)-n2c(C)nnc21. The highest BCUT2D eigenvalue weighted by molar-refractivity contribution is 7.15. The molecule has 1 fully saturated rings. The van der Waals surface area contributed by atoms with Gasteiger partial charge in [-0.05, 0) is 57.4 Å². The number of nitrogens with one attached hydrogen (secondary N) is 1. The average molecular weight is 520 g/mol. The van der Waals surface area contributed by atoms with Crippen molar-refractivity contribution in [1.82, 2.24) is 20.1 Å². The normalized spacial score (nSPS) is 21.9. The predicted molar refractivity (Wildman–Crippen MR) is 147 cm³/mol. The molecule has 0 bridgehead atoms. The molecule has 1 N–H and O–H groups in total. The molecule has 4 heterocycles. The van der Waals surface area contributed by atoms with Crippen LogP contribution in [-0.2, 0) is 4.79 Å². The highest BCUT2D eigenvalue weighted by atomic mass is 35.5. The molecule has 2 atom stereocenters. The molecule has 2 aliphatic heterocycles. The van der Waals surface area contributed by atoms with E-state index >= 15 is 0 Å². The Hall–Kier alpha value is -2.87. The van der Waals surface area contributed by atoms with Crippen LogP contribution in [0.25, 0.3) is 5.00 Å². The molecule has 0 unspecified atom stereocenters. The molecule has 5 rings (SSSR count). The average Bonchev–Trinajstić information content (AvgIpc) is 3.33. The minimum absolute atomic E-state index is 0.152. The van der Waals surface area contributed by atoms with Crippen molar-refractivity contribution in [3.05, 3.63) is 86.8 Å². The number of hydrogen-bond donors (Lipinski definition) is 1. The molecule has 2 aromatic heterocycles. The summed E-state index contributed by atoms with van der Waals surface area (Å²) in [4.78, 5) is 19.7. The third-order valence-corrected chi connectivity index (χ3v) is 8.82. The van der Waals surface area contributed by atoms with E-state index in [9.17, 15) is 4.79 Å². The number of aromatic nitrogens is 3.